The second kappa shape index (κ2) is 29.8. The van der Waals surface area contributed by atoms with Gasteiger partial charge in [0.2, 0.25) is 0 Å². The largest absolute Gasteiger partial charge is 0.394 e. The Morgan fingerprint density at radius 3 is 0.610 bits per heavy atom. The lowest BCUT2D eigenvalue weighted by molar-refractivity contribution is -0.396. The quantitative estimate of drug-likeness (QED) is 0.0807. The third-order valence-corrected chi connectivity index (χ3v) is 17.4. The number of ether oxygens (including phenoxy) is 14. The van der Waals surface area contributed by atoms with E-state index in [2.05, 4.69) is 0 Å². The number of rotatable bonds is 12. The fourth-order valence-corrected chi connectivity index (χ4v) is 12.5. The maximum atomic E-state index is 11.7. The first-order valence-corrected chi connectivity index (χ1v) is 29.1. The van der Waals surface area contributed by atoms with Crippen LogP contribution in [0.4, 0.5) is 0 Å². The van der Waals surface area contributed by atoms with Crippen molar-refractivity contribution in [2.24, 2.45) is 0 Å². The molecule has 478 valence electrons. The van der Waals surface area contributed by atoms with Gasteiger partial charge in [-0.1, -0.05) is 0 Å². The summed E-state index contributed by atoms with van der Waals surface area (Å²) in [5, 5.41) is 223. The van der Waals surface area contributed by atoms with Gasteiger partial charge in [0.05, 0.1) is 45.7 Å². The molecule has 0 aromatic rings. The number of hydrogen-bond donors (Lipinski definition) is 20. The summed E-state index contributed by atoms with van der Waals surface area (Å²) in [4.78, 5) is 0. The van der Waals surface area contributed by atoms with Crippen molar-refractivity contribution in [3.63, 3.8) is 0 Å². The topological polar surface area (TPSA) is 534 Å². The van der Waals surface area contributed by atoms with Crippen molar-refractivity contribution in [3.05, 3.63) is 0 Å². The Balaban J connectivity index is 1.09. The maximum Gasteiger partial charge on any atom is 0.187 e. The molecule has 21 aliphatic heterocycles. The molecule has 21 heterocycles. The summed E-state index contributed by atoms with van der Waals surface area (Å²) in [5.41, 5.74) is 0. The molecule has 21 saturated heterocycles. The van der Waals surface area contributed by atoms with Crippen LogP contribution in [0.15, 0.2) is 0 Å². The summed E-state index contributed by atoms with van der Waals surface area (Å²) < 4.78 is 81.3. The molecule has 34 nitrogen and oxygen atoms in total. The molecule has 0 saturated carbocycles. The number of aliphatic hydroxyl groups is 20. The van der Waals surface area contributed by atoms with E-state index < -0.39 is 255 Å². The maximum absolute atomic E-state index is 11.7. The molecular weight excluding hydrogens is 1160 g/mol. The van der Waals surface area contributed by atoms with Crippen molar-refractivity contribution in [2.75, 3.05) is 63.2 Å². The Hall–Kier alpha value is -0.660. The molecule has 21 rings (SSSR count). The zero-order valence-electron chi connectivity index (χ0n) is 43.8. The van der Waals surface area contributed by atoms with Crippen LogP contribution in [0.2, 0.25) is 0 Å². The average Bonchev–Trinajstić information content (AvgIpc) is 2.82. The van der Waals surface area contributed by atoms with Crippen LogP contribution in [0.3, 0.4) is 0 Å². The van der Waals surface area contributed by atoms with Crippen LogP contribution in [0.5, 0.6) is 0 Å². The van der Waals surface area contributed by atoms with Gasteiger partial charge < -0.3 is 168 Å². The van der Waals surface area contributed by atoms with E-state index in [1.54, 1.807) is 11.8 Å². The minimum absolute atomic E-state index is 0.0246. The summed E-state index contributed by atoms with van der Waals surface area (Å²) in [6.07, 6.45) is -65.8. The van der Waals surface area contributed by atoms with Crippen molar-refractivity contribution in [1.29, 1.82) is 0 Å². The highest BCUT2D eigenvalue weighted by molar-refractivity contribution is 7.99. The van der Waals surface area contributed by atoms with E-state index in [4.69, 9.17) is 66.3 Å². The van der Waals surface area contributed by atoms with E-state index in [1.165, 1.54) is 11.8 Å². The monoisotopic (exact) mass is 1240 g/mol. The van der Waals surface area contributed by atoms with Crippen molar-refractivity contribution < 1.29 is 168 Å². The van der Waals surface area contributed by atoms with Crippen molar-refractivity contribution >= 4 is 23.5 Å². The van der Waals surface area contributed by atoms with Crippen LogP contribution >= 0.6 is 23.5 Å². The lowest BCUT2D eigenvalue weighted by Gasteiger charge is -2.50. The SMILES string of the molecule is CSCCCSC[C@H]1O[C@@H]2O[C@H]3[C@H](O)[C@@H](O)[C@@H](O[C@H]4[C@H](O)[C@@H](O)[C@@H](O[C@H]5[C@H](O)[C@@H](O)[C@@H](O[C@H]6[C@H](O)[C@@H](O)[C@@H](O[C@H]7[C@H](O)[C@@H](O)[C@@H](O[C@H]8[C@H](O)[C@@H](O)[C@@H](O[C@H]1[C@H](O)[C@H]2O)O[C@@H]8CO)O[C@@H]7CO)O[C@@H]6CO)O[C@@H]5CO)O[C@@H]4CO)O[C@@H]3CO. The molecule has 0 unspecified atom stereocenters. The van der Waals surface area contributed by atoms with Gasteiger partial charge in [-0.05, 0) is 24.2 Å². The van der Waals surface area contributed by atoms with Crippen LogP contribution < -0.4 is 0 Å². The van der Waals surface area contributed by atoms with E-state index in [-0.39, 0.29) is 5.75 Å². The second-order valence-corrected chi connectivity index (χ2v) is 23.0. The lowest BCUT2D eigenvalue weighted by atomic mass is 9.95. The summed E-state index contributed by atoms with van der Waals surface area (Å²) >= 11 is 2.88. The molecule has 0 aliphatic carbocycles. The third kappa shape index (κ3) is 14.0. The minimum atomic E-state index is -2.20. The average molecular weight is 1240 g/mol. The van der Waals surface area contributed by atoms with Gasteiger partial charge in [-0.15, -0.1) is 0 Å². The van der Waals surface area contributed by atoms with E-state index in [0.29, 0.717) is 12.2 Å². The molecule has 21 aliphatic rings. The van der Waals surface area contributed by atoms with E-state index in [0.717, 1.165) is 5.75 Å². The molecule has 0 spiro atoms. The van der Waals surface area contributed by atoms with Gasteiger partial charge in [0, 0.05) is 5.75 Å². The van der Waals surface area contributed by atoms with Gasteiger partial charge in [-0.3, -0.25) is 0 Å². The highest BCUT2D eigenvalue weighted by Crippen LogP contribution is 2.39. The Morgan fingerprint density at radius 2 is 0.427 bits per heavy atom. The molecule has 0 aromatic heterocycles. The van der Waals surface area contributed by atoms with Gasteiger partial charge in [-0.25, -0.2) is 0 Å². The Bertz CT molecular complexity index is 1920. The van der Waals surface area contributed by atoms with Crippen LogP contribution in [-0.4, -0.2) is 380 Å². The van der Waals surface area contributed by atoms with Gasteiger partial charge in [0.15, 0.2) is 44.0 Å². The Kier molecular flexibility index (Phi) is 24.4. The van der Waals surface area contributed by atoms with Crippen LogP contribution in [0, 0.1) is 0 Å². The fourth-order valence-electron chi connectivity index (χ4n) is 10.9. The van der Waals surface area contributed by atoms with E-state index in [9.17, 15) is 102 Å². The standard InChI is InChI=1S/C46H78O34S2/c1-81-3-2-4-82-11-18-39-25(59)32(66)46(73-18)79-38-17(10-52)71-44(30(64)23(38)57)77-36-15(8-50)69-42(28(62)21(36)55)75-34-13(6-48)67-40(26(60)19(34)53)74-33-12(5-47)68-41(27(61)20(33)54)76-35-14(7-49)70-43(29(63)22(35)56)78-37-16(9-51)72-45(80-39)31(65)24(37)58/h12-66H,2-11H2,1H3/t12-,13-,14-,15-,16-,17-,18-,19-,20-,21-,22-,23-,24-,25-,26-,27-,28-,29-,30-,31-,32-,33-,34-,35-,36-,37-,38-,39-,40-,41-,42-,43-,44-,45-,46-/m1/s1. The van der Waals surface area contributed by atoms with Crippen LogP contribution in [-0.2, 0) is 66.3 Å². The summed E-state index contributed by atoms with van der Waals surface area (Å²) in [7, 11) is 0. The predicted molar refractivity (Wildman–Crippen MR) is 262 cm³/mol. The molecule has 0 amide bonds. The van der Waals surface area contributed by atoms with Crippen molar-refractivity contribution in [1.82, 2.24) is 0 Å². The molecule has 20 N–H and O–H groups in total. The highest BCUT2D eigenvalue weighted by atomic mass is 32.2. The van der Waals surface area contributed by atoms with Gasteiger partial charge in [-0.2, -0.15) is 23.5 Å². The number of hydrogen-bond acceptors (Lipinski definition) is 36. The normalized spacial score (nSPS) is 52.7. The first-order valence-electron chi connectivity index (χ1n) is 26.6. The zero-order valence-corrected chi connectivity index (χ0v) is 45.4. The molecule has 0 radical (unpaired) electrons. The molecule has 21 fully saturated rings. The fraction of sp³-hybridized carbons (Fsp3) is 1.00. The molecule has 35 atom stereocenters. The Morgan fingerprint density at radius 1 is 0.244 bits per heavy atom. The molecule has 0 aromatic carbocycles. The summed E-state index contributed by atoms with van der Waals surface area (Å²) in [6, 6.07) is 0. The molecular formula is C46H78O34S2. The first kappa shape index (κ1) is 67.3. The highest BCUT2D eigenvalue weighted by Gasteiger charge is 2.59. The van der Waals surface area contributed by atoms with Gasteiger partial charge >= 0.3 is 0 Å². The Labute approximate surface area is 475 Å². The van der Waals surface area contributed by atoms with E-state index >= 15 is 0 Å². The predicted octanol–water partition coefficient (Wildman–Crippen LogP) is -12.7. The molecule has 14 bridgehead atoms. The van der Waals surface area contributed by atoms with E-state index in [1.807, 2.05) is 6.26 Å². The number of aliphatic hydroxyl groups excluding tert-OH is 20. The lowest BCUT2D eigenvalue weighted by Crippen LogP contribution is -2.68. The van der Waals surface area contributed by atoms with Gasteiger partial charge in [0.25, 0.3) is 0 Å². The zero-order chi connectivity index (χ0) is 59.6. The first-order chi connectivity index (χ1) is 39.2. The van der Waals surface area contributed by atoms with Crippen molar-refractivity contribution in [3.8, 4) is 0 Å². The van der Waals surface area contributed by atoms with Crippen LogP contribution in [0.25, 0.3) is 0 Å². The summed E-state index contributed by atoms with van der Waals surface area (Å²) in [5.74, 6) is 1.27. The molecule has 36 heteroatoms. The second-order valence-electron chi connectivity index (χ2n) is 20.9. The third-order valence-electron chi connectivity index (χ3n) is 15.5. The minimum Gasteiger partial charge on any atom is -0.394 e. The van der Waals surface area contributed by atoms with Gasteiger partial charge in [0.1, 0.15) is 165 Å². The summed E-state index contributed by atoms with van der Waals surface area (Å²) in [6.45, 7) is -6.13. The van der Waals surface area contributed by atoms with Crippen LogP contribution in [0.1, 0.15) is 6.42 Å². The number of thioether (sulfide) groups is 2. The smallest absolute Gasteiger partial charge is 0.187 e. The molecule has 82 heavy (non-hydrogen) atoms. The van der Waals surface area contributed by atoms with Crippen molar-refractivity contribution in [2.45, 2.75) is 221 Å².